The van der Waals surface area contributed by atoms with Crippen LogP contribution < -0.4 is 10.3 Å². The number of nitrogens with zero attached hydrogens (tertiary/aromatic N) is 3. The van der Waals surface area contributed by atoms with Crippen LogP contribution in [0.2, 0.25) is 5.02 Å². The third kappa shape index (κ3) is 7.07. The van der Waals surface area contributed by atoms with Gasteiger partial charge in [-0.15, -0.1) is 11.8 Å². The molecule has 1 N–H and O–H groups in total. The summed E-state index contributed by atoms with van der Waals surface area (Å²) in [7, 11) is 0. The van der Waals surface area contributed by atoms with Crippen LogP contribution in [0.1, 0.15) is 25.0 Å². The van der Waals surface area contributed by atoms with Gasteiger partial charge < -0.3 is 4.90 Å². The lowest BCUT2D eigenvalue weighted by Gasteiger charge is -2.22. The summed E-state index contributed by atoms with van der Waals surface area (Å²) in [5, 5.41) is 15.7. The highest BCUT2D eigenvalue weighted by molar-refractivity contribution is 7.99. The molecule has 2 aromatic carbocycles. The van der Waals surface area contributed by atoms with Crippen LogP contribution in [0.3, 0.4) is 0 Å². The summed E-state index contributed by atoms with van der Waals surface area (Å²) in [5.41, 5.74) is 4.90. The highest BCUT2D eigenvalue weighted by Gasteiger charge is 2.13. The Balaban J connectivity index is 1.97. The van der Waals surface area contributed by atoms with Gasteiger partial charge in [-0.1, -0.05) is 23.7 Å². The molecular formula is C20H23ClN4O3S. The van der Waals surface area contributed by atoms with E-state index in [0.717, 1.165) is 24.3 Å². The van der Waals surface area contributed by atoms with Crippen molar-refractivity contribution in [1.82, 2.24) is 5.43 Å². The molecule has 1 amide bonds. The molecule has 0 aromatic heterocycles. The number of amides is 1. The Kier molecular flexibility index (Phi) is 8.95. The van der Waals surface area contributed by atoms with Gasteiger partial charge in [-0.2, -0.15) is 5.10 Å². The van der Waals surface area contributed by atoms with Gasteiger partial charge in [-0.25, -0.2) is 5.43 Å². The Morgan fingerprint density at radius 2 is 2.03 bits per heavy atom. The Hall–Kier alpha value is -2.58. The molecule has 0 aliphatic carbocycles. The van der Waals surface area contributed by atoms with Gasteiger partial charge in [-0.05, 0) is 37.6 Å². The molecule has 0 radical (unpaired) electrons. The number of nitro groups is 1. The van der Waals surface area contributed by atoms with E-state index in [0.29, 0.717) is 16.3 Å². The van der Waals surface area contributed by atoms with Gasteiger partial charge in [0.15, 0.2) is 0 Å². The number of benzene rings is 2. The highest BCUT2D eigenvalue weighted by atomic mass is 35.5. The average molecular weight is 435 g/mol. The third-order valence-corrected chi connectivity index (χ3v) is 5.35. The normalized spacial score (nSPS) is 10.9. The van der Waals surface area contributed by atoms with Crippen LogP contribution in [0.4, 0.5) is 11.4 Å². The minimum atomic E-state index is -0.450. The quantitative estimate of drug-likeness (QED) is 0.338. The summed E-state index contributed by atoms with van der Waals surface area (Å²) in [4.78, 5) is 24.7. The lowest BCUT2D eigenvalue weighted by Crippen LogP contribution is -2.23. The number of nitro benzene ring substituents is 1. The van der Waals surface area contributed by atoms with E-state index in [1.807, 2.05) is 32.0 Å². The lowest BCUT2D eigenvalue weighted by molar-refractivity contribution is -0.384. The molecule has 0 heterocycles. The maximum atomic E-state index is 12.0. The Bertz CT molecular complexity index is 888. The van der Waals surface area contributed by atoms with E-state index < -0.39 is 4.92 Å². The Morgan fingerprint density at radius 3 is 2.69 bits per heavy atom. The number of hydrogen-bond donors (Lipinski definition) is 1. The molecule has 2 rings (SSSR count). The number of carbonyl (C=O) groups excluding carboxylic acids is 1. The summed E-state index contributed by atoms with van der Waals surface area (Å²) < 4.78 is 0. The highest BCUT2D eigenvalue weighted by Crippen LogP contribution is 2.24. The van der Waals surface area contributed by atoms with Crippen molar-refractivity contribution >= 4 is 46.9 Å². The van der Waals surface area contributed by atoms with Crippen molar-refractivity contribution in [1.29, 1.82) is 0 Å². The number of halogens is 1. The van der Waals surface area contributed by atoms with E-state index in [4.69, 9.17) is 11.6 Å². The third-order valence-electron chi connectivity index (χ3n) is 4.11. The van der Waals surface area contributed by atoms with Crippen molar-refractivity contribution in [3.63, 3.8) is 0 Å². The largest absolute Gasteiger partial charge is 0.372 e. The number of hydrazone groups is 1. The number of anilines is 1. The summed E-state index contributed by atoms with van der Waals surface area (Å²) in [6.07, 6.45) is 1.44. The molecule has 0 atom stereocenters. The molecule has 0 aliphatic rings. The zero-order valence-corrected chi connectivity index (χ0v) is 17.9. The number of non-ortho nitro benzene ring substituents is 1. The first-order valence-corrected chi connectivity index (χ1v) is 10.6. The topological polar surface area (TPSA) is 87.8 Å². The molecule has 7 nitrogen and oxygen atoms in total. The maximum Gasteiger partial charge on any atom is 0.270 e. The molecule has 0 unspecified atom stereocenters. The fraction of sp³-hybridized carbons (Fsp3) is 0.300. The van der Waals surface area contributed by atoms with E-state index in [2.05, 4.69) is 15.4 Å². The van der Waals surface area contributed by atoms with Crippen molar-refractivity contribution in [2.24, 2.45) is 5.10 Å². The maximum absolute atomic E-state index is 12.0. The molecule has 0 fully saturated rings. The van der Waals surface area contributed by atoms with Gasteiger partial charge in [0.25, 0.3) is 5.69 Å². The summed E-state index contributed by atoms with van der Waals surface area (Å²) in [6, 6.07) is 12.1. The first kappa shape index (κ1) is 22.7. The minimum absolute atomic E-state index is 0.0224. The van der Waals surface area contributed by atoms with Crippen LogP contribution in [0, 0.1) is 10.1 Å². The second-order valence-electron chi connectivity index (χ2n) is 6.09. The molecule has 29 heavy (non-hydrogen) atoms. The van der Waals surface area contributed by atoms with Crippen molar-refractivity contribution in [3.8, 4) is 0 Å². The first-order valence-electron chi connectivity index (χ1n) is 9.12. The Morgan fingerprint density at radius 1 is 1.28 bits per heavy atom. The minimum Gasteiger partial charge on any atom is -0.372 e. The number of hydrogen-bond acceptors (Lipinski definition) is 6. The number of thioether (sulfide) groups is 1. The number of nitrogens with one attached hydrogen (secondary N) is 1. The lowest BCUT2D eigenvalue weighted by atomic mass is 10.1. The predicted molar refractivity (Wildman–Crippen MR) is 120 cm³/mol. The number of rotatable bonds is 10. The van der Waals surface area contributed by atoms with Gasteiger partial charge in [0.2, 0.25) is 5.91 Å². The van der Waals surface area contributed by atoms with Gasteiger partial charge in [0, 0.05) is 47.2 Å². The van der Waals surface area contributed by atoms with Crippen molar-refractivity contribution in [3.05, 3.63) is 68.7 Å². The second kappa shape index (κ2) is 11.4. The molecule has 154 valence electrons. The van der Waals surface area contributed by atoms with Gasteiger partial charge >= 0.3 is 0 Å². The molecule has 0 saturated heterocycles. The summed E-state index contributed by atoms with van der Waals surface area (Å²) >= 11 is 7.40. The fourth-order valence-corrected chi connectivity index (χ4v) is 3.69. The monoisotopic (exact) mass is 434 g/mol. The zero-order valence-electron chi connectivity index (χ0n) is 16.3. The van der Waals surface area contributed by atoms with Crippen LogP contribution >= 0.6 is 23.4 Å². The standard InChI is InChI=1S/C20H23ClN4O3S/c1-3-24(4-2)19-9-8-18(25(27)28)11-16(19)12-22-23-20(26)14-29-13-15-6-5-7-17(21)10-15/h5-12H,3-4,13-14H2,1-2H3,(H,23,26)/b22-12-. The van der Waals surface area contributed by atoms with Crippen molar-refractivity contribution in [2.75, 3.05) is 23.7 Å². The second-order valence-corrected chi connectivity index (χ2v) is 7.51. The molecule has 0 saturated carbocycles. The van der Waals surface area contributed by atoms with Crippen molar-refractivity contribution in [2.45, 2.75) is 19.6 Å². The molecule has 9 heteroatoms. The van der Waals surface area contributed by atoms with Gasteiger partial charge in [-0.3, -0.25) is 14.9 Å². The molecule has 0 bridgehead atoms. The van der Waals surface area contributed by atoms with Crippen LogP contribution in [0.25, 0.3) is 0 Å². The van der Waals surface area contributed by atoms with Crippen LogP contribution in [0.15, 0.2) is 47.6 Å². The van der Waals surface area contributed by atoms with Crippen LogP contribution in [-0.4, -0.2) is 35.9 Å². The molecule has 2 aromatic rings. The summed E-state index contributed by atoms with van der Waals surface area (Å²) in [5.74, 6) is 0.652. The van der Waals surface area contributed by atoms with Crippen LogP contribution in [0.5, 0.6) is 0 Å². The molecular weight excluding hydrogens is 412 g/mol. The molecule has 0 spiro atoms. The molecule has 0 aliphatic heterocycles. The SMILES string of the molecule is CCN(CC)c1ccc([N+](=O)[O-])cc1/C=N\NC(=O)CSCc1cccc(Cl)c1. The predicted octanol–water partition coefficient (Wildman–Crippen LogP) is 4.48. The summed E-state index contributed by atoms with van der Waals surface area (Å²) in [6.45, 7) is 5.51. The van der Waals surface area contributed by atoms with E-state index in [1.165, 1.54) is 30.1 Å². The number of carbonyl (C=O) groups is 1. The van der Waals surface area contributed by atoms with Gasteiger partial charge in [0.05, 0.1) is 16.9 Å². The van der Waals surface area contributed by atoms with E-state index >= 15 is 0 Å². The van der Waals surface area contributed by atoms with E-state index in [-0.39, 0.29) is 17.3 Å². The van der Waals surface area contributed by atoms with Crippen molar-refractivity contribution < 1.29 is 9.72 Å². The fourth-order valence-electron chi connectivity index (χ4n) is 2.71. The van der Waals surface area contributed by atoms with Crippen LogP contribution in [-0.2, 0) is 10.5 Å². The van der Waals surface area contributed by atoms with Gasteiger partial charge in [0.1, 0.15) is 0 Å². The first-order chi connectivity index (χ1) is 13.9. The zero-order chi connectivity index (χ0) is 21.2. The van der Waals surface area contributed by atoms with E-state index in [9.17, 15) is 14.9 Å². The average Bonchev–Trinajstić information content (AvgIpc) is 2.69. The van der Waals surface area contributed by atoms with E-state index in [1.54, 1.807) is 12.1 Å². The Labute approximate surface area is 179 Å². The smallest absolute Gasteiger partial charge is 0.270 e.